The molecule has 0 saturated heterocycles. The van der Waals surface area contributed by atoms with Crippen LogP contribution in [0, 0.1) is 5.92 Å². The molecule has 1 unspecified atom stereocenters. The molecule has 0 spiro atoms. The maximum absolute atomic E-state index is 11.8. The molecule has 0 aliphatic heterocycles. The summed E-state index contributed by atoms with van der Waals surface area (Å²) in [7, 11) is 1.41. The van der Waals surface area contributed by atoms with E-state index >= 15 is 0 Å². The maximum Gasteiger partial charge on any atom is 0.314 e. The van der Waals surface area contributed by atoms with Crippen molar-refractivity contribution in [1.82, 2.24) is 0 Å². The van der Waals surface area contributed by atoms with Crippen LogP contribution >= 0.6 is 11.6 Å². The van der Waals surface area contributed by atoms with E-state index in [-0.39, 0.29) is 5.56 Å². The van der Waals surface area contributed by atoms with Crippen LogP contribution in [0.5, 0.6) is 5.75 Å². The van der Waals surface area contributed by atoms with Crippen LogP contribution in [-0.4, -0.2) is 24.0 Å². The fraction of sp³-hybridized carbons (Fsp3) is 0.273. The first kappa shape index (κ1) is 12.5. The number of carboxylic acid groups (broad SMARTS) is 1. The van der Waals surface area contributed by atoms with Gasteiger partial charge >= 0.3 is 5.97 Å². The molecule has 0 amide bonds. The van der Waals surface area contributed by atoms with Gasteiger partial charge in [-0.15, -0.1) is 0 Å². The van der Waals surface area contributed by atoms with Crippen LogP contribution in [-0.2, 0) is 4.79 Å². The molecule has 1 N–H and O–H groups in total. The SMILES string of the molecule is COc1ccc(Cl)cc1C(=O)C(C)C(=O)O. The predicted molar refractivity (Wildman–Crippen MR) is 59.1 cm³/mol. The van der Waals surface area contributed by atoms with Crippen LogP contribution in [0.1, 0.15) is 17.3 Å². The Morgan fingerprint density at radius 3 is 2.56 bits per heavy atom. The van der Waals surface area contributed by atoms with E-state index in [4.69, 9.17) is 21.4 Å². The van der Waals surface area contributed by atoms with Gasteiger partial charge in [-0.1, -0.05) is 11.6 Å². The highest BCUT2D eigenvalue weighted by Gasteiger charge is 2.24. The van der Waals surface area contributed by atoms with Crippen LogP contribution in [0.2, 0.25) is 5.02 Å². The van der Waals surface area contributed by atoms with Gasteiger partial charge in [0.25, 0.3) is 0 Å². The van der Waals surface area contributed by atoms with Gasteiger partial charge in [0, 0.05) is 5.02 Å². The highest BCUT2D eigenvalue weighted by Crippen LogP contribution is 2.25. The lowest BCUT2D eigenvalue weighted by molar-refractivity contribution is -0.139. The zero-order valence-corrected chi connectivity index (χ0v) is 9.62. The van der Waals surface area contributed by atoms with Gasteiger partial charge < -0.3 is 9.84 Å². The van der Waals surface area contributed by atoms with E-state index in [9.17, 15) is 9.59 Å². The van der Waals surface area contributed by atoms with Crippen molar-refractivity contribution in [2.45, 2.75) is 6.92 Å². The van der Waals surface area contributed by atoms with Gasteiger partial charge in [0.2, 0.25) is 0 Å². The molecular weight excluding hydrogens is 232 g/mol. The standard InChI is InChI=1S/C11H11ClO4/c1-6(11(14)15)10(13)8-5-7(12)3-4-9(8)16-2/h3-6H,1-2H3,(H,14,15). The van der Waals surface area contributed by atoms with E-state index in [0.717, 1.165) is 0 Å². The van der Waals surface area contributed by atoms with Gasteiger partial charge in [0.15, 0.2) is 5.78 Å². The lowest BCUT2D eigenvalue weighted by Crippen LogP contribution is -2.21. The maximum atomic E-state index is 11.8. The van der Waals surface area contributed by atoms with E-state index < -0.39 is 17.7 Å². The van der Waals surface area contributed by atoms with Crippen molar-refractivity contribution in [3.8, 4) is 5.75 Å². The zero-order chi connectivity index (χ0) is 12.3. The highest BCUT2D eigenvalue weighted by molar-refractivity contribution is 6.31. The van der Waals surface area contributed by atoms with Gasteiger partial charge in [-0.25, -0.2) is 0 Å². The van der Waals surface area contributed by atoms with Crippen molar-refractivity contribution in [2.75, 3.05) is 7.11 Å². The molecule has 0 fully saturated rings. The predicted octanol–water partition coefficient (Wildman–Crippen LogP) is 2.25. The third-order valence-corrected chi connectivity index (χ3v) is 2.43. The van der Waals surface area contributed by atoms with Gasteiger partial charge in [-0.2, -0.15) is 0 Å². The third-order valence-electron chi connectivity index (χ3n) is 2.19. The molecule has 0 saturated carbocycles. The number of carboxylic acids is 1. The topological polar surface area (TPSA) is 63.6 Å². The summed E-state index contributed by atoms with van der Waals surface area (Å²) >= 11 is 5.75. The summed E-state index contributed by atoms with van der Waals surface area (Å²) < 4.78 is 4.98. The Kier molecular flexibility index (Phi) is 3.90. The van der Waals surface area contributed by atoms with Crippen LogP contribution in [0.25, 0.3) is 0 Å². The number of rotatable bonds is 4. The number of hydrogen-bond acceptors (Lipinski definition) is 3. The fourth-order valence-electron chi connectivity index (χ4n) is 1.22. The van der Waals surface area contributed by atoms with Gasteiger partial charge in [-0.3, -0.25) is 9.59 Å². The van der Waals surface area contributed by atoms with E-state index in [1.165, 1.54) is 26.2 Å². The molecule has 1 aromatic carbocycles. The minimum absolute atomic E-state index is 0.185. The molecular formula is C11H11ClO4. The molecule has 86 valence electrons. The monoisotopic (exact) mass is 242 g/mol. The summed E-state index contributed by atoms with van der Waals surface area (Å²) in [6.07, 6.45) is 0. The van der Waals surface area contributed by atoms with Crippen LogP contribution in [0.15, 0.2) is 18.2 Å². The number of aliphatic carboxylic acids is 1. The van der Waals surface area contributed by atoms with E-state index in [0.29, 0.717) is 10.8 Å². The van der Waals surface area contributed by atoms with Gasteiger partial charge in [-0.05, 0) is 25.1 Å². The first-order chi connectivity index (χ1) is 7.47. The molecule has 0 aliphatic carbocycles. The number of Topliss-reactive ketones (excluding diaryl/α,β-unsaturated/α-hetero) is 1. The van der Waals surface area contributed by atoms with Crippen molar-refractivity contribution in [3.63, 3.8) is 0 Å². The number of ketones is 1. The van der Waals surface area contributed by atoms with E-state index in [2.05, 4.69) is 0 Å². The van der Waals surface area contributed by atoms with Crippen molar-refractivity contribution < 1.29 is 19.4 Å². The Morgan fingerprint density at radius 1 is 1.44 bits per heavy atom. The second-order valence-electron chi connectivity index (χ2n) is 3.27. The molecule has 4 nitrogen and oxygen atoms in total. The summed E-state index contributed by atoms with van der Waals surface area (Å²) in [6.45, 7) is 1.32. The van der Waals surface area contributed by atoms with Crippen LogP contribution in [0.4, 0.5) is 0 Å². The molecule has 0 aromatic heterocycles. The van der Waals surface area contributed by atoms with E-state index in [1.807, 2.05) is 0 Å². The van der Waals surface area contributed by atoms with E-state index in [1.54, 1.807) is 6.07 Å². The summed E-state index contributed by atoms with van der Waals surface area (Å²) in [6, 6.07) is 4.51. The Labute approximate surface area is 97.8 Å². The number of hydrogen-bond donors (Lipinski definition) is 1. The molecule has 1 aromatic rings. The largest absolute Gasteiger partial charge is 0.496 e. The second kappa shape index (κ2) is 4.99. The van der Waals surface area contributed by atoms with Gasteiger partial charge in [0.1, 0.15) is 11.7 Å². The normalized spacial score (nSPS) is 11.9. The third kappa shape index (κ3) is 2.52. The Balaban J connectivity index is 3.16. The Hall–Kier alpha value is -1.55. The average Bonchev–Trinajstić information content (AvgIpc) is 2.26. The van der Waals surface area contributed by atoms with Crippen LogP contribution in [0.3, 0.4) is 0 Å². The molecule has 16 heavy (non-hydrogen) atoms. The first-order valence-electron chi connectivity index (χ1n) is 4.58. The second-order valence-corrected chi connectivity index (χ2v) is 3.71. The Morgan fingerprint density at radius 2 is 2.06 bits per heavy atom. The molecule has 0 bridgehead atoms. The number of benzene rings is 1. The lowest BCUT2D eigenvalue weighted by atomic mass is 9.99. The highest BCUT2D eigenvalue weighted by atomic mass is 35.5. The van der Waals surface area contributed by atoms with Gasteiger partial charge in [0.05, 0.1) is 12.7 Å². The quantitative estimate of drug-likeness (QED) is 0.650. The number of carbonyl (C=O) groups is 2. The molecule has 0 heterocycles. The minimum Gasteiger partial charge on any atom is -0.496 e. The van der Waals surface area contributed by atoms with Crippen molar-refractivity contribution in [3.05, 3.63) is 28.8 Å². The average molecular weight is 243 g/mol. The number of halogens is 1. The molecule has 5 heteroatoms. The van der Waals surface area contributed by atoms with Crippen LogP contribution < -0.4 is 4.74 Å². The molecule has 0 radical (unpaired) electrons. The molecule has 0 aliphatic rings. The molecule has 1 rings (SSSR count). The number of methoxy groups -OCH3 is 1. The fourth-order valence-corrected chi connectivity index (χ4v) is 1.39. The number of ether oxygens (including phenoxy) is 1. The molecule has 1 atom stereocenters. The number of carbonyl (C=O) groups excluding carboxylic acids is 1. The first-order valence-corrected chi connectivity index (χ1v) is 4.95. The summed E-state index contributed by atoms with van der Waals surface area (Å²) in [5.41, 5.74) is 0.185. The van der Waals surface area contributed by atoms with Crippen molar-refractivity contribution >= 4 is 23.4 Å². The Bertz CT molecular complexity index is 428. The zero-order valence-electron chi connectivity index (χ0n) is 8.86. The summed E-state index contributed by atoms with van der Waals surface area (Å²) in [5, 5.41) is 9.11. The summed E-state index contributed by atoms with van der Waals surface area (Å²) in [5.74, 6) is -2.49. The lowest BCUT2D eigenvalue weighted by Gasteiger charge is -2.10. The summed E-state index contributed by atoms with van der Waals surface area (Å²) in [4.78, 5) is 22.5. The van der Waals surface area contributed by atoms with Crippen molar-refractivity contribution in [2.24, 2.45) is 5.92 Å². The smallest absolute Gasteiger partial charge is 0.314 e. The van der Waals surface area contributed by atoms with Crippen molar-refractivity contribution in [1.29, 1.82) is 0 Å². The minimum atomic E-state index is -1.17.